The van der Waals surface area contributed by atoms with E-state index in [4.69, 9.17) is 17.3 Å². The van der Waals surface area contributed by atoms with Crippen LogP contribution in [0.5, 0.6) is 0 Å². The van der Waals surface area contributed by atoms with Gasteiger partial charge in [-0.3, -0.25) is 4.99 Å². The van der Waals surface area contributed by atoms with E-state index in [0.29, 0.717) is 18.3 Å². The lowest BCUT2D eigenvalue weighted by atomic mass is 10.7. The zero-order chi connectivity index (χ0) is 5.70. The lowest BCUT2D eigenvalue weighted by Gasteiger charge is -1.85. The van der Waals surface area contributed by atoms with Gasteiger partial charge in [0.15, 0.2) is 0 Å². The van der Waals surface area contributed by atoms with Crippen molar-refractivity contribution < 1.29 is 0 Å². The molecule has 0 aliphatic carbocycles. The average molecular weight is 121 g/mol. The van der Waals surface area contributed by atoms with Crippen LogP contribution in [-0.2, 0) is 0 Å². The van der Waals surface area contributed by atoms with E-state index in [0.717, 1.165) is 0 Å². The number of hydrogen-bond donors (Lipinski definition) is 1. The van der Waals surface area contributed by atoms with Gasteiger partial charge in [-0.1, -0.05) is 0 Å². The molecule has 2 N–H and O–H groups in total. The van der Waals surface area contributed by atoms with Crippen LogP contribution in [0.4, 0.5) is 0 Å². The summed E-state index contributed by atoms with van der Waals surface area (Å²) in [4.78, 5) is 3.81. The zero-order valence-corrected chi connectivity index (χ0v) is 5.07. The quantitative estimate of drug-likeness (QED) is 0.324. The van der Waals surface area contributed by atoms with Crippen molar-refractivity contribution in [2.75, 3.05) is 12.4 Å². The van der Waals surface area contributed by atoms with Crippen molar-refractivity contribution in [3.05, 3.63) is 0 Å². The SMILES string of the molecule is CC(N)=NCCCl. The van der Waals surface area contributed by atoms with Crippen molar-refractivity contribution in [2.24, 2.45) is 10.7 Å². The average Bonchev–Trinajstić information content (AvgIpc) is 1.61. The molecule has 0 fully saturated rings. The zero-order valence-electron chi connectivity index (χ0n) is 4.32. The molecule has 0 atom stereocenters. The number of halogens is 1. The molecule has 0 heterocycles. The van der Waals surface area contributed by atoms with E-state index >= 15 is 0 Å². The fourth-order valence-corrected chi connectivity index (χ4v) is 0.303. The van der Waals surface area contributed by atoms with Gasteiger partial charge < -0.3 is 5.73 Å². The van der Waals surface area contributed by atoms with Crippen LogP contribution in [0.25, 0.3) is 0 Å². The third kappa shape index (κ3) is 5.76. The van der Waals surface area contributed by atoms with Crippen LogP contribution in [0.3, 0.4) is 0 Å². The molecule has 0 radical (unpaired) electrons. The molecule has 0 spiro atoms. The second-order valence-corrected chi connectivity index (χ2v) is 1.59. The molecule has 0 saturated heterocycles. The molecule has 0 aromatic rings. The second-order valence-electron chi connectivity index (χ2n) is 1.21. The normalized spacial score (nSPS) is 12.0. The Bertz CT molecular complexity index is 66.1. The minimum atomic E-state index is 0.550. The molecule has 0 saturated carbocycles. The number of alkyl halides is 1. The number of amidine groups is 1. The molecule has 0 aliphatic rings. The van der Waals surface area contributed by atoms with E-state index in [1.807, 2.05) is 0 Å². The van der Waals surface area contributed by atoms with E-state index in [1.165, 1.54) is 0 Å². The van der Waals surface area contributed by atoms with E-state index in [9.17, 15) is 0 Å². The summed E-state index contributed by atoms with van der Waals surface area (Å²) in [6, 6.07) is 0. The summed E-state index contributed by atoms with van der Waals surface area (Å²) in [6.07, 6.45) is 0. The summed E-state index contributed by atoms with van der Waals surface area (Å²) in [7, 11) is 0. The molecule has 0 amide bonds. The van der Waals surface area contributed by atoms with Crippen molar-refractivity contribution in [1.82, 2.24) is 0 Å². The van der Waals surface area contributed by atoms with Crippen molar-refractivity contribution in [2.45, 2.75) is 6.92 Å². The Hall–Kier alpha value is -0.240. The Morgan fingerprint density at radius 2 is 2.43 bits per heavy atom. The van der Waals surface area contributed by atoms with Gasteiger partial charge in [-0.15, -0.1) is 11.6 Å². The maximum absolute atomic E-state index is 5.28. The molecule has 0 rings (SSSR count). The Morgan fingerprint density at radius 3 is 2.57 bits per heavy atom. The van der Waals surface area contributed by atoms with Crippen molar-refractivity contribution in [3.63, 3.8) is 0 Å². The molecule has 0 bridgehead atoms. The largest absolute Gasteiger partial charge is 0.388 e. The Kier molecular flexibility index (Phi) is 3.80. The van der Waals surface area contributed by atoms with E-state index in [2.05, 4.69) is 4.99 Å². The van der Waals surface area contributed by atoms with Crippen molar-refractivity contribution in [1.29, 1.82) is 0 Å². The summed E-state index contributed by atoms with van der Waals surface area (Å²) in [5, 5.41) is 0. The van der Waals surface area contributed by atoms with Crippen LogP contribution in [0, 0.1) is 0 Å². The Morgan fingerprint density at radius 1 is 1.86 bits per heavy atom. The highest BCUT2D eigenvalue weighted by atomic mass is 35.5. The van der Waals surface area contributed by atoms with Crippen LogP contribution in [0.1, 0.15) is 6.92 Å². The van der Waals surface area contributed by atoms with Crippen LogP contribution in [0.15, 0.2) is 4.99 Å². The number of nitrogens with two attached hydrogens (primary N) is 1. The highest BCUT2D eigenvalue weighted by molar-refractivity contribution is 6.18. The second kappa shape index (κ2) is 3.93. The van der Waals surface area contributed by atoms with Crippen molar-refractivity contribution in [3.8, 4) is 0 Å². The molecule has 42 valence electrons. The fraction of sp³-hybridized carbons (Fsp3) is 0.750. The first-order valence-electron chi connectivity index (χ1n) is 2.10. The number of aliphatic imine (C=N–C) groups is 1. The Labute approximate surface area is 48.4 Å². The van der Waals surface area contributed by atoms with Gasteiger partial charge in [-0.05, 0) is 6.92 Å². The van der Waals surface area contributed by atoms with E-state index in [-0.39, 0.29) is 0 Å². The topological polar surface area (TPSA) is 38.4 Å². The molecular weight excluding hydrogens is 112 g/mol. The summed E-state index contributed by atoms with van der Waals surface area (Å²) in [5.41, 5.74) is 5.17. The van der Waals surface area contributed by atoms with Crippen LogP contribution >= 0.6 is 11.6 Å². The highest BCUT2D eigenvalue weighted by Crippen LogP contribution is 1.74. The minimum Gasteiger partial charge on any atom is -0.388 e. The Balaban J connectivity index is 3.08. The van der Waals surface area contributed by atoms with Crippen LogP contribution in [0.2, 0.25) is 0 Å². The third-order valence-corrected chi connectivity index (χ3v) is 0.615. The summed E-state index contributed by atoms with van der Waals surface area (Å²) < 4.78 is 0. The fourth-order valence-electron chi connectivity index (χ4n) is 0.219. The van der Waals surface area contributed by atoms with Gasteiger partial charge in [0.2, 0.25) is 0 Å². The first-order valence-corrected chi connectivity index (χ1v) is 2.63. The minimum absolute atomic E-state index is 0.550. The monoisotopic (exact) mass is 120 g/mol. The summed E-state index contributed by atoms with van der Waals surface area (Å²) in [5.74, 6) is 1.15. The first-order chi connectivity index (χ1) is 3.27. The van der Waals surface area contributed by atoms with Crippen LogP contribution in [-0.4, -0.2) is 18.3 Å². The first kappa shape index (κ1) is 6.76. The third-order valence-electron chi connectivity index (χ3n) is 0.446. The van der Waals surface area contributed by atoms with Gasteiger partial charge in [-0.25, -0.2) is 0 Å². The van der Waals surface area contributed by atoms with Gasteiger partial charge in [0.1, 0.15) is 0 Å². The standard InChI is InChI=1S/C4H9ClN2/c1-4(6)7-3-2-5/h2-3H2,1H3,(H2,6,7). The summed E-state index contributed by atoms with van der Waals surface area (Å²) in [6.45, 7) is 2.37. The van der Waals surface area contributed by atoms with Crippen LogP contribution < -0.4 is 5.73 Å². The van der Waals surface area contributed by atoms with Gasteiger partial charge in [0, 0.05) is 5.88 Å². The molecule has 7 heavy (non-hydrogen) atoms. The van der Waals surface area contributed by atoms with Gasteiger partial charge >= 0.3 is 0 Å². The van der Waals surface area contributed by atoms with Gasteiger partial charge in [-0.2, -0.15) is 0 Å². The molecule has 0 aromatic carbocycles. The van der Waals surface area contributed by atoms with E-state index in [1.54, 1.807) is 6.92 Å². The maximum Gasteiger partial charge on any atom is 0.0906 e. The predicted molar refractivity (Wildman–Crippen MR) is 32.9 cm³/mol. The highest BCUT2D eigenvalue weighted by Gasteiger charge is 1.75. The lowest BCUT2D eigenvalue weighted by molar-refractivity contribution is 1.13. The molecule has 0 aliphatic heterocycles. The smallest absolute Gasteiger partial charge is 0.0906 e. The molecule has 3 heteroatoms. The predicted octanol–water partition coefficient (Wildman–Crippen LogP) is 0.602. The van der Waals surface area contributed by atoms with Gasteiger partial charge in [0.25, 0.3) is 0 Å². The molecule has 0 unspecified atom stereocenters. The van der Waals surface area contributed by atoms with E-state index < -0.39 is 0 Å². The maximum atomic E-state index is 5.28. The molecule has 0 aromatic heterocycles. The number of nitrogens with zero attached hydrogens (tertiary/aromatic N) is 1. The lowest BCUT2D eigenvalue weighted by Crippen LogP contribution is -2.06. The molecular formula is C4H9ClN2. The number of rotatable bonds is 2. The molecule has 2 nitrogen and oxygen atoms in total. The number of hydrogen-bond acceptors (Lipinski definition) is 1. The summed E-state index contributed by atoms with van der Waals surface area (Å²) >= 11 is 5.28. The van der Waals surface area contributed by atoms with Crippen molar-refractivity contribution >= 4 is 17.4 Å². The van der Waals surface area contributed by atoms with Gasteiger partial charge in [0.05, 0.1) is 12.4 Å².